The summed E-state index contributed by atoms with van der Waals surface area (Å²) < 4.78 is 5.88. The van der Waals surface area contributed by atoms with Crippen molar-refractivity contribution in [2.45, 2.75) is 32.3 Å². The first-order chi connectivity index (χ1) is 9.03. The number of hydrogen-bond donors (Lipinski definition) is 1. The molecule has 0 amide bonds. The molecule has 0 atom stereocenters. The fraction of sp³-hybridized carbons (Fsp3) is 0.333. The van der Waals surface area contributed by atoms with Gasteiger partial charge in [-0.15, -0.1) is 4.91 Å². The van der Waals surface area contributed by atoms with Crippen molar-refractivity contribution in [3.63, 3.8) is 0 Å². The summed E-state index contributed by atoms with van der Waals surface area (Å²) in [4.78, 5) is 11.2. The number of phenolic OH excluding ortho intramolecular Hbond substituents is 1. The molecule has 3 rings (SSSR count). The molecule has 4 nitrogen and oxygen atoms in total. The van der Waals surface area contributed by atoms with Gasteiger partial charge >= 0.3 is 0 Å². The highest BCUT2D eigenvalue weighted by Crippen LogP contribution is 2.49. The van der Waals surface area contributed by atoms with Crippen molar-refractivity contribution >= 4 is 16.5 Å². The lowest BCUT2D eigenvalue weighted by Crippen LogP contribution is -2.32. The van der Waals surface area contributed by atoms with Gasteiger partial charge in [0.05, 0.1) is 0 Å². The summed E-state index contributed by atoms with van der Waals surface area (Å²) in [6.07, 6.45) is 1.48. The van der Waals surface area contributed by atoms with Gasteiger partial charge in [-0.25, -0.2) is 0 Å². The maximum absolute atomic E-state index is 11.2. The molecule has 98 valence electrons. The van der Waals surface area contributed by atoms with E-state index in [9.17, 15) is 10.0 Å². The third-order valence-corrected chi connectivity index (χ3v) is 3.66. The highest BCUT2D eigenvalue weighted by atomic mass is 16.5. The lowest BCUT2D eigenvalue weighted by atomic mass is 9.91. The predicted molar refractivity (Wildman–Crippen MR) is 74.1 cm³/mol. The van der Waals surface area contributed by atoms with Crippen LogP contribution in [0.3, 0.4) is 0 Å². The number of rotatable bonds is 1. The number of ether oxygens (including phenoxy) is 1. The number of fused-ring (bicyclic) bond motifs is 2. The second kappa shape index (κ2) is 3.95. The van der Waals surface area contributed by atoms with E-state index in [1.54, 1.807) is 12.1 Å². The zero-order chi connectivity index (χ0) is 13.6. The van der Waals surface area contributed by atoms with E-state index in [1.165, 1.54) is 0 Å². The Labute approximate surface area is 111 Å². The summed E-state index contributed by atoms with van der Waals surface area (Å²) in [7, 11) is 0. The Morgan fingerprint density at radius 1 is 1.26 bits per heavy atom. The van der Waals surface area contributed by atoms with Crippen molar-refractivity contribution in [2.24, 2.45) is 5.18 Å². The summed E-state index contributed by atoms with van der Waals surface area (Å²) in [6, 6.07) is 7.21. The molecule has 4 heteroatoms. The molecule has 0 fully saturated rings. The van der Waals surface area contributed by atoms with Crippen molar-refractivity contribution in [1.82, 2.24) is 0 Å². The van der Waals surface area contributed by atoms with Gasteiger partial charge in [0.2, 0.25) is 0 Å². The minimum absolute atomic E-state index is 0.202. The van der Waals surface area contributed by atoms with Crippen LogP contribution < -0.4 is 4.74 Å². The number of nitroso groups, excluding NO2 is 1. The standard InChI is InChI=1S/C15H15NO3/c1-15(2)8-7-11-13(17)10-6-4-3-5-9(10)12(16-18)14(11)19-15/h3-6,17H,7-8H2,1-2H3. The average Bonchev–Trinajstić information content (AvgIpc) is 2.38. The summed E-state index contributed by atoms with van der Waals surface area (Å²) in [5.41, 5.74) is 0.630. The summed E-state index contributed by atoms with van der Waals surface area (Å²) in [6.45, 7) is 3.94. The zero-order valence-electron chi connectivity index (χ0n) is 10.9. The number of phenols is 1. The quantitative estimate of drug-likeness (QED) is 0.784. The van der Waals surface area contributed by atoms with E-state index in [0.29, 0.717) is 28.5 Å². The number of benzene rings is 2. The van der Waals surface area contributed by atoms with E-state index >= 15 is 0 Å². The number of nitrogens with zero attached hydrogens (tertiary/aromatic N) is 1. The van der Waals surface area contributed by atoms with Crippen LogP contribution in [0, 0.1) is 4.91 Å². The molecule has 19 heavy (non-hydrogen) atoms. The normalized spacial score (nSPS) is 16.7. The SMILES string of the molecule is CC1(C)CCc2c(c(N=O)c3ccccc3c2O)O1. The fourth-order valence-corrected chi connectivity index (χ4v) is 2.62. The minimum Gasteiger partial charge on any atom is -0.507 e. The van der Waals surface area contributed by atoms with Crippen LogP contribution in [0.5, 0.6) is 11.5 Å². The number of hydrogen-bond acceptors (Lipinski definition) is 4. The van der Waals surface area contributed by atoms with Gasteiger partial charge in [-0.2, -0.15) is 0 Å². The van der Waals surface area contributed by atoms with Gasteiger partial charge in [0.1, 0.15) is 11.4 Å². The largest absolute Gasteiger partial charge is 0.507 e. The van der Waals surface area contributed by atoms with Gasteiger partial charge in [-0.05, 0) is 31.9 Å². The Morgan fingerprint density at radius 3 is 2.63 bits per heavy atom. The Balaban J connectivity index is 2.39. The lowest BCUT2D eigenvalue weighted by molar-refractivity contribution is 0.0848. The van der Waals surface area contributed by atoms with E-state index in [-0.39, 0.29) is 17.0 Å². The van der Waals surface area contributed by atoms with E-state index < -0.39 is 0 Å². The fourth-order valence-electron chi connectivity index (χ4n) is 2.62. The van der Waals surface area contributed by atoms with Gasteiger partial charge in [-0.1, -0.05) is 24.3 Å². The topological polar surface area (TPSA) is 58.9 Å². The molecule has 1 N–H and O–H groups in total. The minimum atomic E-state index is -0.346. The molecule has 2 aromatic rings. The second-order valence-corrected chi connectivity index (χ2v) is 5.50. The first-order valence-corrected chi connectivity index (χ1v) is 6.32. The summed E-state index contributed by atoms with van der Waals surface area (Å²) in [5, 5.41) is 14.8. The second-order valence-electron chi connectivity index (χ2n) is 5.50. The third-order valence-electron chi connectivity index (χ3n) is 3.66. The first-order valence-electron chi connectivity index (χ1n) is 6.32. The first kappa shape index (κ1) is 12.0. The van der Waals surface area contributed by atoms with Crippen LogP contribution in [0.25, 0.3) is 10.8 Å². The highest BCUT2D eigenvalue weighted by Gasteiger charge is 2.32. The molecule has 0 unspecified atom stereocenters. The van der Waals surface area contributed by atoms with Crippen LogP contribution in [-0.2, 0) is 6.42 Å². The lowest BCUT2D eigenvalue weighted by Gasteiger charge is -2.33. The van der Waals surface area contributed by atoms with Crippen LogP contribution in [0.4, 0.5) is 5.69 Å². The molecule has 0 saturated heterocycles. The molecule has 0 aromatic heterocycles. The molecule has 1 aliphatic heterocycles. The Hall–Kier alpha value is -2.10. The van der Waals surface area contributed by atoms with Crippen LogP contribution in [0.1, 0.15) is 25.8 Å². The van der Waals surface area contributed by atoms with Crippen LogP contribution >= 0.6 is 0 Å². The van der Waals surface area contributed by atoms with Gasteiger partial charge in [0.25, 0.3) is 0 Å². The van der Waals surface area contributed by atoms with Crippen molar-refractivity contribution in [2.75, 3.05) is 0 Å². The maximum atomic E-state index is 11.2. The molecule has 0 spiro atoms. The molecule has 0 aliphatic carbocycles. The number of aromatic hydroxyl groups is 1. The van der Waals surface area contributed by atoms with Crippen LogP contribution in [0.15, 0.2) is 29.4 Å². The van der Waals surface area contributed by atoms with Crippen LogP contribution in [-0.4, -0.2) is 10.7 Å². The van der Waals surface area contributed by atoms with Gasteiger partial charge < -0.3 is 9.84 Å². The molecule has 1 heterocycles. The average molecular weight is 257 g/mol. The van der Waals surface area contributed by atoms with E-state index in [4.69, 9.17) is 4.74 Å². The molecule has 0 radical (unpaired) electrons. The molecule has 0 bridgehead atoms. The van der Waals surface area contributed by atoms with Gasteiger partial charge in [0, 0.05) is 16.3 Å². The maximum Gasteiger partial charge on any atom is 0.158 e. The van der Waals surface area contributed by atoms with Gasteiger partial charge in [0.15, 0.2) is 11.4 Å². The summed E-state index contributed by atoms with van der Waals surface area (Å²) in [5.74, 6) is 0.635. The van der Waals surface area contributed by atoms with Crippen molar-refractivity contribution in [1.29, 1.82) is 0 Å². The monoisotopic (exact) mass is 257 g/mol. The predicted octanol–water partition coefficient (Wildman–Crippen LogP) is 4.05. The smallest absolute Gasteiger partial charge is 0.158 e. The van der Waals surface area contributed by atoms with Crippen molar-refractivity contribution in [3.05, 3.63) is 34.7 Å². The zero-order valence-corrected chi connectivity index (χ0v) is 10.9. The molecule has 2 aromatic carbocycles. The van der Waals surface area contributed by atoms with Crippen LogP contribution in [0.2, 0.25) is 0 Å². The molecular weight excluding hydrogens is 242 g/mol. The Bertz CT molecular complexity index is 677. The van der Waals surface area contributed by atoms with Crippen molar-refractivity contribution < 1.29 is 9.84 Å². The molecular formula is C15H15NO3. The van der Waals surface area contributed by atoms with E-state index in [0.717, 1.165) is 6.42 Å². The van der Waals surface area contributed by atoms with E-state index in [1.807, 2.05) is 26.0 Å². The molecule has 1 aliphatic rings. The third kappa shape index (κ3) is 1.75. The van der Waals surface area contributed by atoms with Crippen molar-refractivity contribution in [3.8, 4) is 11.5 Å². The summed E-state index contributed by atoms with van der Waals surface area (Å²) >= 11 is 0. The Morgan fingerprint density at radius 2 is 1.95 bits per heavy atom. The van der Waals surface area contributed by atoms with Gasteiger partial charge in [-0.3, -0.25) is 0 Å². The Kier molecular flexibility index (Phi) is 2.49. The van der Waals surface area contributed by atoms with E-state index in [2.05, 4.69) is 5.18 Å². The highest BCUT2D eigenvalue weighted by molar-refractivity contribution is 6.01. The molecule has 0 saturated carbocycles.